The Kier molecular flexibility index (Phi) is 6.78. The van der Waals surface area contributed by atoms with Gasteiger partial charge < -0.3 is 5.32 Å². The highest BCUT2D eigenvalue weighted by molar-refractivity contribution is 7.89. The van der Waals surface area contributed by atoms with Gasteiger partial charge in [0.2, 0.25) is 15.9 Å². The first-order valence-electron chi connectivity index (χ1n) is 8.99. The summed E-state index contributed by atoms with van der Waals surface area (Å²) in [5.41, 5.74) is 1.90. The number of aryl methyl sites for hydroxylation is 1. The highest BCUT2D eigenvalue weighted by Gasteiger charge is 2.27. The molecule has 1 aromatic heterocycles. The molecule has 27 heavy (non-hydrogen) atoms. The van der Waals surface area contributed by atoms with E-state index < -0.39 is 10.0 Å². The van der Waals surface area contributed by atoms with Gasteiger partial charge in [-0.2, -0.15) is 5.10 Å². The van der Waals surface area contributed by atoms with Gasteiger partial charge in [-0.25, -0.2) is 12.7 Å². The van der Waals surface area contributed by atoms with Crippen LogP contribution in [-0.4, -0.2) is 42.5 Å². The maximum Gasteiger partial charge on any atom is 0.246 e. The molecular weight excluding hydrogens is 364 g/mol. The van der Waals surface area contributed by atoms with Crippen LogP contribution in [0.2, 0.25) is 0 Å². The number of nitrogens with one attached hydrogen (secondary N) is 1. The Morgan fingerprint density at radius 1 is 1.22 bits per heavy atom. The zero-order chi connectivity index (χ0) is 20.2. The molecule has 0 aliphatic heterocycles. The van der Waals surface area contributed by atoms with Crippen molar-refractivity contribution in [3.63, 3.8) is 0 Å². The number of hydrogen-bond acceptors (Lipinski definition) is 4. The summed E-state index contributed by atoms with van der Waals surface area (Å²) in [6.07, 6.45) is 1.76. The van der Waals surface area contributed by atoms with Crippen LogP contribution >= 0.6 is 0 Å². The lowest BCUT2D eigenvalue weighted by Crippen LogP contribution is -2.32. The molecule has 0 bridgehead atoms. The molecule has 0 spiro atoms. The third kappa shape index (κ3) is 4.75. The molecule has 8 heteroatoms. The zero-order valence-corrected chi connectivity index (χ0v) is 17.4. The SMILES string of the molecule is CCC[C@H](NC(=O)Cn1nc(C)c(S(=O)(=O)N(C)C)c1C)c1ccccc1. The van der Waals surface area contributed by atoms with E-state index in [-0.39, 0.29) is 23.4 Å². The monoisotopic (exact) mass is 392 g/mol. The maximum absolute atomic E-state index is 12.6. The van der Waals surface area contributed by atoms with Gasteiger partial charge in [-0.3, -0.25) is 9.48 Å². The third-order valence-corrected chi connectivity index (χ3v) is 6.53. The first-order chi connectivity index (χ1) is 12.7. The minimum absolute atomic E-state index is 0.0251. The fraction of sp³-hybridized carbons (Fsp3) is 0.474. The number of amides is 1. The van der Waals surface area contributed by atoms with E-state index in [2.05, 4.69) is 17.3 Å². The highest BCUT2D eigenvalue weighted by Crippen LogP contribution is 2.22. The van der Waals surface area contributed by atoms with Crippen LogP contribution in [0.5, 0.6) is 0 Å². The second-order valence-corrected chi connectivity index (χ2v) is 8.85. The predicted octanol–water partition coefficient (Wildman–Crippen LogP) is 2.41. The molecule has 0 saturated carbocycles. The topological polar surface area (TPSA) is 84.3 Å². The first kappa shape index (κ1) is 21.1. The van der Waals surface area contributed by atoms with Crippen molar-refractivity contribution < 1.29 is 13.2 Å². The minimum Gasteiger partial charge on any atom is -0.348 e. The summed E-state index contributed by atoms with van der Waals surface area (Å²) < 4.78 is 27.6. The Morgan fingerprint density at radius 3 is 2.41 bits per heavy atom. The Morgan fingerprint density at radius 2 is 1.85 bits per heavy atom. The van der Waals surface area contributed by atoms with Crippen LogP contribution < -0.4 is 5.32 Å². The van der Waals surface area contributed by atoms with Crippen molar-refractivity contribution >= 4 is 15.9 Å². The second-order valence-electron chi connectivity index (χ2n) is 6.76. The number of nitrogens with zero attached hydrogens (tertiary/aromatic N) is 3. The Hall–Kier alpha value is -2.19. The smallest absolute Gasteiger partial charge is 0.246 e. The quantitative estimate of drug-likeness (QED) is 0.748. The van der Waals surface area contributed by atoms with Gasteiger partial charge in [0.25, 0.3) is 0 Å². The summed E-state index contributed by atoms with van der Waals surface area (Å²) in [5.74, 6) is -0.197. The molecule has 2 rings (SSSR count). The molecule has 7 nitrogen and oxygen atoms in total. The summed E-state index contributed by atoms with van der Waals surface area (Å²) >= 11 is 0. The molecule has 0 unspecified atom stereocenters. The van der Waals surface area contributed by atoms with Crippen molar-refractivity contribution in [2.45, 2.75) is 51.1 Å². The number of carbonyl (C=O) groups is 1. The summed E-state index contributed by atoms with van der Waals surface area (Å²) in [6, 6.07) is 9.74. The van der Waals surface area contributed by atoms with E-state index in [0.717, 1.165) is 22.7 Å². The van der Waals surface area contributed by atoms with Crippen molar-refractivity contribution in [1.82, 2.24) is 19.4 Å². The molecule has 0 aliphatic rings. The van der Waals surface area contributed by atoms with Gasteiger partial charge >= 0.3 is 0 Å². The van der Waals surface area contributed by atoms with E-state index in [0.29, 0.717) is 11.4 Å². The van der Waals surface area contributed by atoms with Gasteiger partial charge in [0.15, 0.2) is 0 Å². The van der Waals surface area contributed by atoms with Gasteiger partial charge in [0.1, 0.15) is 11.4 Å². The van der Waals surface area contributed by atoms with E-state index >= 15 is 0 Å². The second kappa shape index (κ2) is 8.67. The number of rotatable bonds is 8. The van der Waals surface area contributed by atoms with Crippen molar-refractivity contribution in [3.8, 4) is 0 Å². The fourth-order valence-electron chi connectivity index (χ4n) is 3.06. The molecule has 0 radical (unpaired) electrons. The molecule has 0 saturated heterocycles. The number of hydrogen-bond donors (Lipinski definition) is 1. The number of sulfonamides is 1. The van der Waals surface area contributed by atoms with Crippen LogP contribution in [-0.2, 0) is 21.4 Å². The molecule has 148 valence electrons. The molecular formula is C19H28N4O3S. The van der Waals surface area contributed by atoms with Crippen molar-refractivity contribution in [1.29, 1.82) is 0 Å². The van der Waals surface area contributed by atoms with E-state index in [9.17, 15) is 13.2 Å². The Balaban J connectivity index is 2.21. The lowest BCUT2D eigenvalue weighted by atomic mass is 10.0. The minimum atomic E-state index is -3.61. The molecule has 0 aliphatic carbocycles. The lowest BCUT2D eigenvalue weighted by Gasteiger charge is -2.19. The van der Waals surface area contributed by atoms with Crippen LogP contribution in [0.4, 0.5) is 0 Å². The lowest BCUT2D eigenvalue weighted by molar-refractivity contribution is -0.122. The van der Waals surface area contributed by atoms with E-state index in [1.807, 2.05) is 30.3 Å². The molecule has 1 aromatic carbocycles. The maximum atomic E-state index is 12.6. The molecule has 1 N–H and O–H groups in total. The van der Waals surface area contributed by atoms with Gasteiger partial charge in [0, 0.05) is 14.1 Å². The predicted molar refractivity (Wildman–Crippen MR) is 105 cm³/mol. The van der Waals surface area contributed by atoms with Crippen molar-refractivity contribution in [3.05, 3.63) is 47.3 Å². The van der Waals surface area contributed by atoms with Crippen LogP contribution in [0, 0.1) is 13.8 Å². The van der Waals surface area contributed by atoms with Crippen LogP contribution in [0.1, 0.15) is 42.8 Å². The van der Waals surface area contributed by atoms with E-state index in [4.69, 9.17) is 0 Å². The number of benzene rings is 1. The Labute approximate surface area is 161 Å². The summed E-state index contributed by atoms with van der Waals surface area (Å²) in [5, 5.41) is 7.32. The van der Waals surface area contributed by atoms with Gasteiger partial charge in [0.05, 0.1) is 17.4 Å². The van der Waals surface area contributed by atoms with Gasteiger partial charge in [-0.05, 0) is 25.8 Å². The van der Waals surface area contributed by atoms with Crippen LogP contribution in [0.15, 0.2) is 35.2 Å². The van der Waals surface area contributed by atoms with Crippen LogP contribution in [0.25, 0.3) is 0 Å². The largest absolute Gasteiger partial charge is 0.348 e. The molecule has 1 atom stereocenters. The summed E-state index contributed by atoms with van der Waals surface area (Å²) in [7, 11) is -0.650. The van der Waals surface area contributed by atoms with Crippen LogP contribution in [0.3, 0.4) is 0 Å². The summed E-state index contributed by atoms with van der Waals surface area (Å²) in [4.78, 5) is 12.8. The standard InChI is InChI=1S/C19H28N4O3S/c1-6-10-17(16-11-8-7-9-12-16)20-18(24)13-23-15(3)19(14(2)21-23)27(25,26)22(4)5/h7-9,11-12,17H,6,10,13H2,1-5H3,(H,20,24)/t17-/m0/s1. The van der Waals surface area contributed by atoms with Crippen molar-refractivity contribution in [2.75, 3.05) is 14.1 Å². The van der Waals surface area contributed by atoms with E-state index in [1.54, 1.807) is 13.8 Å². The molecule has 2 aromatic rings. The summed E-state index contributed by atoms with van der Waals surface area (Å²) in [6.45, 7) is 5.36. The van der Waals surface area contributed by atoms with Crippen molar-refractivity contribution in [2.24, 2.45) is 0 Å². The molecule has 1 heterocycles. The fourth-order valence-corrected chi connectivity index (χ4v) is 4.32. The average molecular weight is 393 g/mol. The average Bonchev–Trinajstić information content (AvgIpc) is 2.89. The highest BCUT2D eigenvalue weighted by atomic mass is 32.2. The normalized spacial score (nSPS) is 13.0. The zero-order valence-electron chi connectivity index (χ0n) is 16.6. The molecule has 1 amide bonds. The first-order valence-corrected chi connectivity index (χ1v) is 10.4. The number of aromatic nitrogens is 2. The Bertz CT molecular complexity index is 889. The van der Waals surface area contributed by atoms with Gasteiger partial charge in [-0.1, -0.05) is 43.7 Å². The number of carbonyl (C=O) groups excluding carboxylic acids is 1. The molecule has 0 fully saturated rings. The third-order valence-electron chi connectivity index (χ3n) is 4.46. The van der Waals surface area contributed by atoms with Gasteiger partial charge in [-0.15, -0.1) is 0 Å². The van der Waals surface area contributed by atoms with E-state index in [1.165, 1.54) is 18.8 Å².